The third kappa shape index (κ3) is 6.30. The van der Waals surface area contributed by atoms with Crippen molar-refractivity contribution in [1.29, 1.82) is 0 Å². The van der Waals surface area contributed by atoms with Crippen LogP contribution in [0.1, 0.15) is 39.2 Å². The molecule has 0 heterocycles. The molecule has 0 fully saturated rings. The van der Waals surface area contributed by atoms with Crippen LogP contribution in [0.15, 0.2) is 30.3 Å². The zero-order chi connectivity index (χ0) is 15.8. The van der Waals surface area contributed by atoms with Crippen LogP contribution in [-0.2, 0) is 9.53 Å². The van der Waals surface area contributed by atoms with E-state index in [1.54, 1.807) is 0 Å². The van der Waals surface area contributed by atoms with Gasteiger partial charge in [0, 0.05) is 19.6 Å². The maximum absolute atomic E-state index is 12.2. The first-order valence-electron chi connectivity index (χ1n) is 7.79. The van der Waals surface area contributed by atoms with Gasteiger partial charge in [-0.1, -0.05) is 58.0 Å². The first-order chi connectivity index (χ1) is 9.93. The molecule has 1 unspecified atom stereocenters. The van der Waals surface area contributed by atoms with Crippen molar-refractivity contribution < 1.29 is 9.53 Å². The van der Waals surface area contributed by atoms with E-state index in [1.807, 2.05) is 30.3 Å². The van der Waals surface area contributed by atoms with E-state index in [0.717, 1.165) is 18.7 Å². The molecule has 1 rings (SSSR count). The van der Waals surface area contributed by atoms with Crippen molar-refractivity contribution in [2.45, 2.75) is 33.6 Å². The molecule has 1 atom stereocenters. The minimum Gasteiger partial charge on any atom is -0.469 e. The van der Waals surface area contributed by atoms with Gasteiger partial charge in [-0.3, -0.25) is 4.79 Å². The lowest BCUT2D eigenvalue weighted by Gasteiger charge is -2.29. The highest BCUT2D eigenvalue weighted by atomic mass is 16.5. The van der Waals surface area contributed by atoms with E-state index in [9.17, 15) is 4.79 Å². The van der Waals surface area contributed by atoms with Crippen LogP contribution in [0.2, 0.25) is 0 Å². The molecule has 21 heavy (non-hydrogen) atoms. The maximum Gasteiger partial charge on any atom is 0.314 e. The third-order valence-corrected chi connectivity index (χ3v) is 3.38. The summed E-state index contributed by atoms with van der Waals surface area (Å²) in [6, 6.07) is 9.92. The number of ether oxygens (including phenoxy) is 1. The van der Waals surface area contributed by atoms with Gasteiger partial charge in [0.15, 0.2) is 0 Å². The first-order valence-corrected chi connectivity index (χ1v) is 7.79. The van der Waals surface area contributed by atoms with Crippen LogP contribution in [-0.4, -0.2) is 37.6 Å². The lowest BCUT2D eigenvalue weighted by Crippen LogP contribution is -2.37. The van der Waals surface area contributed by atoms with Gasteiger partial charge >= 0.3 is 5.97 Å². The van der Waals surface area contributed by atoms with Crippen LogP contribution in [0.5, 0.6) is 0 Å². The topological polar surface area (TPSA) is 29.5 Å². The number of carbonyl (C=O) groups is 1. The van der Waals surface area contributed by atoms with Gasteiger partial charge in [-0.25, -0.2) is 0 Å². The van der Waals surface area contributed by atoms with Crippen LogP contribution in [0, 0.1) is 11.8 Å². The molecule has 0 saturated carbocycles. The summed E-state index contributed by atoms with van der Waals surface area (Å²) in [6.07, 6.45) is 0. The average molecular weight is 291 g/mol. The fraction of sp³-hybridized carbons (Fsp3) is 0.611. The minimum atomic E-state index is -0.214. The van der Waals surface area contributed by atoms with Crippen LogP contribution in [0.3, 0.4) is 0 Å². The van der Waals surface area contributed by atoms with Gasteiger partial charge in [0.05, 0.1) is 13.0 Å². The number of hydrogen-bond donors (Lipinski definition) is 0. The highest BCUT2D eigenvalue weighted by Gasteiger charge is 2.24. The second-order valence-electron chi connectivity index (χ2n) is 6.49. The largest absolute Gasteiger partial charge is 0.469 e. The van der Waals surface area contributed by atoms with Crippen LogP contribution in [0.4, 0.5) is 0 Å². The Morgan fingerprint density at radius 3 is 1.95 bits per heavy atom. The van der Waals surface area contributed by atoms with Crippen molar-refractivity contribution in [1.82, 2.24) is 4.90 Å². The summed E-state index contributed by atoms with van der Waals surface area (Å²) in [5.74, 6) is 0.794. The Bertz CT molecular complexity index is 404. The highest BCUT2D eigenvalue weighted by Crippen LogP contribution is 2.20. The van der Waals surface area contributed by atoms with Crippen molar-refractivity contribution in [2.24, 2.45) is 11.8 Å². The van der Waals surface area contributed by atoms with Crippen molar-refractivity contribution in [3.05, 3.63) is 35.9 Å². The first kappa shape index (κ1) is 17.7. The van der Waals surface area contributed by atoms with E-state index in [2.05, 4.69) is 32.6 Å². The van der Waals surface area contributed by atoms with Crippen molar-refractivity contribution in [2.75, 3.05) is 26.7 Å². The normalized spacial score (nSPS) is 13.0. The molecule has 0 spiro atoms. The molecule has 0 aliphatic heterocycles. The lowest BCUT2D eigenvalue weighted by molar-refractivity contribution is -0.143. The van der Waals surface area contributed by atoms with E-state index in [-0.39, 0.29) is 11.9 Å². The second-order valence-corrected chi connectivity index (χ2v) is 6.49. The number of carbonyl (C=O) groups excluding carboxylic acids is 1. The van der Waals surface area contributed by atoms with Gasteiger partial charge in [0.2, 0.25) is 0 Å². The Hall–Kier alpha value is -1.35. The molecule has 0 saturated heterocycles. The number of benzene rings is 1. The summed E-state index contributed by atoms with van der Waals surface area (Å²) in [6.45, 7) is 11.6. The van der Waals surface area contributed by atoms with E-state index in [0.29, 0.717) is 18.4 Å². The van der Waals surface area contributed by atoms with Crippen LogP contribution < -0.4 is 0 Å². The quantitative estimate of drug-likeness (QED) is 0.686. The zero-order valence-electron chi connectivity index (χ0n) is 14.0. The Morgan fingerprint density at radius 1 is 1.00 bits per heavy atom. The molecular weight excluding hydrogens is 262 g/mol. The fourth-order valence-corrected chi connectivity index (χ4v) is 2.66. The van der Waals surface area contributed by atoms with Crippen molar-refractivity contribution in [3.8, 4) is 0 Å². The van der Waals surface area contributed by atoms with E-state index in [1.165, 1.54) is 7.11 Å². The summed E-state index contributed by atoms with van der Waals surface area (Å²) in [5.41, 5.74) is 1.03. The SMILES string of the molecule is COC(=O)C(CN(CC(C)C)CC(C)C)c1ccccc1. The minimum absolute atomic E-state index is 0.154. The summed E-state index contributed by atoms with van der Waals surface area (Å²) in [7, 11) is 1.47. The summed E-state index contributed by atoms with van der Waals surface area (Å²) in [5, 5.41) is 0. The fourth-order valence-electron chi connectivity index (χ4n) is 2.66. The average Bonchev–Trinajstić information content (AvgIpc) is 2.43. The smallest absolute Gasteiger partial charge is 0.314 e. The molecule has 0 aliphatic carbocycles. The molecule has 1 aromatic carbocycles. The molecule has 0 aliphatic rings. The molecule has 0 N–H and O–H groups in total. The summed E-state index contributed by atoms with van der Waals surface area (Å²) in [4.78, 5) is 14.5. The molecule has 0 aromatic heterocycles. The Kier molecular flexibility index (Phi) is 7.44. The highest BCUT2D eigenvalue weighted by molar-refractivity contribution is 5.78. The molecule has 1 aromatic rings. The van der Waals surface area contributed by atoms with Crippen molar-refractivity contribution in [3.63, 3.8) is 0 Å². The van der Waals surface area contributed by atoms with E-state index < -0.39 is 0 Å². The molecule has 0 radical (unpaired) electrons. The van der Waals surface area contributed by atoms with Gasteiger partial charge in [0.25, 0.3) is 0 Å². The number of methoxy groups -OCH3 is 1. The van der Waals surface area contributed by atoms with Crippen LogP contribution in [0.25, 0.3) is 0 Å². The molecule has 3 nitrogen and oxygen atoms in total. The third-order valence-electron chi connectivity index (χ3n) is 3.38. The molecular formula is C18H29NO2. The number of hydrogen-bond acceptors (Lipinski definition) is 3. The number of nitrogens with zero attached hydrogens (tertiary/aromatic N) is 1. The monoisotopic (exact) mass is 291 g/mol. The van der Waals surface area contributed by atoms with E-state index >= 15 is 0 Å². The standard InChI is InChI=1S/C18H29NO2/c1-14(2)11-19(12-15(3)4)13-17(18(20)21-5)16-9-7-6-8-10-16/h6-10,14-15,17H,11-13H2,1-5H3. The van der Waals surface area contributed by atoms with Gasteiger partial charge in [-0.2, -0.15) is 0 Å². The van der Waals surface area contributed by atoms with Gasteiger partial charge in [-0.05, 0) is 17.4 Å². The van der Waals surface area contributed by atoms with Crippen molar-refractivity contribution >= 4 is 5.97 Å². The molecule has 0 bridgehead atoms. The van der Waals surface area contributed by atoms with Crippen LogP contribution >= 0.6 is 0 Å². The predicted molar refractivity (Wildman–Crippen MR) is 87.3 cm³/mol. The Morgan fingerprint density at radius 2 is 1.52 bits per heavy atom. The molecule has 0 amide bonds. The van der Waals surface area contributed by atoms with Gasteiger partial charge in [0.1, 0.15) is 0 Å². The molecule has 118 valence electrons. The Balaban J connectivity index is 2.89. The second kappa shape index (κ2) is 8.83. The lowest BCUT2D eigenvalue weighted by atomic mass is 9.97. The van der Waals surface area contributed by atoms with Gasteiger partial charge < -0.3 is 9.64 Å². The predicted octanol–water partition coefficient (Wildman–Crippen LogP) is 3.56. The number of rotatable bonds is 8. The van der Waals surface area contributed by atoms with Gasteiger partial charge in [-0.15, -0.1) is 0 Å². The Labute approximate surface area is 129 Å². The summed E-state index contributed by atoms with van der Waals surface area (Å²) >= 11 is 0. The summed E-state index contributed by atoms with van der Waals surface area (Å²) < 4.78 is 5.01. The molecule has 3 heteroatoms. The zero-order valence-corrected chi connectivity index (χ0v) is 14.0. The maximum atomic E-state index is 12.2. The number of esters is 1. The van der Waals surface area contributed by atoms with E-state index in [4.69, 9.17) is 4.74 Å².